The van der Waals surface area contributed by atoms with Gasteiger partial charge in [0.05, 0.1) is 16.7 Å². The molecule has 27 heavy (non-hydrogen) atoms. The summed E-state index contributed by atoms with van der Waals surface area (Å²) in [6.45, 7) is 0. The van der Waals surface area contributed by atoms with Crippen molar-refractivity contribution in [2.45, 2.75) is 0 Å². The number of benzene rings is 3. The van der Waals surface area contributed by atoms with Crippen LogP contribution in [0.5, 0.6) is 0 Å². The normalized spacial score (nSPS) is 11.3. The van der Waals surface area contributed by atoms with Crippen LogP contribution in [0.2, 0.25) is 0 Å². The van der Waals surface area contributed by atoms with Crippen LogP contribution < -0.4 is 5.46 Å². The molecular formula is C22H15BN2O2. The molecule has 0 aliphatic heterocycles. The summed E-state index contributed by atoms with van der Waals surface area (Å²) in [4.78, 5) is 9.43. The Morgan fingerprint density at radius 1 is 0.667 bits per heavy atom. The van der Waals surface area contributed by atoms with Crippen molar-refractivity contribution in [1.82, 2.24) is 9.97 Å². The molecule has 4 nitrogen and oxygen atoms in total. The Balaban J connectivity index is 1.81. The average molecular weight is 350 g/mol. The number of pyridine rings is 2. The van der Waals surface area contributed by atoms with Gasteiger partial charge in [0, 0.05) is 22.5 Å². The van der Waals surface area contributed by atoms with Crippen LogP contribution in [0, 0.1) is 0 Å². The smallest absolute Gasteiger partial charge is 0.423 e. The quantitative estimate of drug-likeness (QED) is 0.379. The lowest BCUT2D eigenvalue weighted by Crippen LogP contribution is -2.30. The Hall–Kier alpha value is -3.28. The first-order valence-electron chi connectivity index (χ1n) is 8.75. The van der Waals surface area contributed by atoms with E-state index in [2.05, 4.69) is 23.2 Å². The summed E-state index contributed by atoms with van der Waals surface area (Å²) in [5.74, 6) is 0. The fraction of sp³-hybridized carbons (Fsp3) is 0. The second kappa shape index (κ2) is 6.16. The van der Waals surface area contributed by atoms with Crippen LogP contribution in [0.15, 0.2) is 79.0 Å². The fourth-order valence-corrected chi connectivity index (χ4v) is 3.64. The van der Waals surface area contributed by atoms with Crippen LogP contribution in [-0.2, 0) is 0 Å². The summed E-state index contributed by atoms with van der Waals surface area (Å²) in [7, 11) is -1.51. The monoisotopic (exact) mass is 350 g/mol. The van der Waals surface area contributed by atoms with E-state index >= 15 is 0 Å². The molecule has 0 spiro atoms. The summed E-state index contributed by atoms with van der Waals surface area (Å²) in [6.07, 6.45) is 1.78. The number of hydrogen-bond donors (Lipinski definition) is 2. The molecule has 0 bridgehead atoms. The topological polar surface area (TPSA) is 66.2 Å². The van der Waals surface area contributed by atoms with Crippen LogP contribution in [0.1, 0.15) is 0 Å². The highest BCUT2D eigenvalue weighted by Crippen LogP contribution is 2.30. The molecule has 0 saturated carbocycles. The summed E-state index contributed by atoms with van der Waals surface area (Å²) in [6, 6.07) is 23.4. The van der Waals surface area contributed by atoms with Crippen LogP contribution >= 0.6 is 0 Å². The Kier molecular flexibility index (Phi) is 3.64. The molecule has 2 heterocycles. The molecule has 3 aromatic carbocycles. The number of fused-ring (bicyclic) bond motifs is 4. The summed E-state index contributed by atoms with van der Waals surface area (Å²) in [5, 5.41) is 23.2. The lowest BCUT2D eigenvalue weighted by atomic mass is 9.76. The van der Waals surface area contributed by atoms with Crippen molar-refractivity contribution < 1.29 is 10.0 Å². The second-order valence-corrected chi connectivity index (χ2v) is 6.53. The maximum Gasteiger partial charge on any atom is 0.489 e. The summed E-state index contributed by atoms with van der Waals surface area (Å²) < 4.78 is 0. The minimum atomic E-state index is -1.51. The van der Waals surface area contributed by atoms with Gasteiger partial charge in [-0.15, -0.1) is 0 Å². The minimum absolute atomic E-state index is 0.488. The third-order valence-electron chi connectivity index (χ3n) is 4.94. The van der Waals surface area contributed by atoms with Gasteiger partial charge in [-0.2, -0.15) is 0 Å². The third-order valence-corrected chi connectivity index (χ3v) is 4.94. The molecular weight excluding hydrogens is 335 g/mol. The Bertz CT molecular complexity index is 1320. The molecule has 2 N–H and O–H groups in total. The van der Waals surface area contributed by atoms with Crippen LogP contribution in [0.4, 0.5) is 0 Å². The van der Waals surface area contributed by atoms with E-state index in [0.29, 0.717) is 5.46 Å². The predicted octanol–water partition coefficient (Wildman–Crippen LogP) is 3.28. The van der Waals surface area contributed by atoms with Gasteiger partial charge in [-0.3, -0.25) is 4.98 Å². The first-order chi connectivity index (χ1) is 13.2. The molecule has 0 amide bonds. The maximum atomic E-state index is 9.67. The zero-order valence-electron chi connectivity index (χ0n) is 14.4. The molecule has 0 fully saturated rings. The van der Waals surface area contributed by atoms with Crippen molar-refractivity contribution in [1.29, 1.82) is 0 Å². The Labute approximate surface area is 155 Å². The van der Waals surface area contributed by atoms with Crippen LogP contribution in [0.25, 0.3) is 43.8 Å². The molecule has 5 heteroatoms. The van der Waals surface area contributed by atoms with Crippen LogP contribution in [0.3, 0.4) is 0 Å². The number of aromatic nitrogens is 2. The number of nitrogens with zero attached hydrogens (tertiary/aromatic N) is 2. The van der Waals surface area contributed by atoms with E-state index in [0.717, 1.165) is 43.8 Å². The van der Waals surface area contributed by atoms with Crippen molar-refractivity contribution >= 4 is 45.2 Å². The van der Waals surface area contributed by atoms with Gasteiger partial charge in [0.1, 0.15) is 0 Å². The van der Waals surface area contributed by atoms with Crippen LogP contribution in [-0.4, -0.2) is 27.1 Å². The van der Waals surface area contributed by atoms with E-state index in [1.165, 1.54) is 0 Å². The molecule has 0 saturated heterocycles. The van der Waals surface area contributed by atoms with Crippen molar-refractivity contribution in [2.24, 2.45) is 0 Å². The SMILES string of the molecule is OB(O)c1ccc(-c2ccc3ccc4cccnc4c3n2)c2ccccc12. The van der Waals surface area contributed by atoms with E-state index in [-0.39, 0.29) is 0 Å². The third kappa shape index (κ3) is 2.56. The molecule has 5 rings (SSSR count). The van der Waals surface area contributed by atoms with E-state index in [9.17, 15) is 10.0 Å². The van der Waals surface area contributed by atoms with Crippen molar-refractivity contribution in [2.75, 3.05) is 0 Å². The molecule has 0 aliphatic rings. The van der Waals surface area contributed by atoms with Gasteiger partial charge in [0.2, 0.25) is 0 Å². The molecule has 5 aromatic rings. The second-order valence-electron chi connectivity index (χ2n) is 6.53. The highest BCUT2D eigenvalue weighted by atomic mass is 16.4. The number of rotatable bonds is 2. The summed E-state index contributed by atoms with van der Waals surface area (Å²) in [5.41, 5.74) is 4.01. The zero-order valence-corrected chi connectivity index (χ0v) is 14.4. The van der Waals surface area contributed by atoms with Gasteiger partial charge in [-0.05, 0) is 28.4 Å². The van der Waals surface area contributed by atoms with Crippen molar-refractivity contribution in [3.05, 3.63) is 79.0 Å². The Morgan fingerprint density at radius 2 is 1.41 bits per heavy atom. The molecule has 2 aromatic heterocycles. The van der Waals surface area contributed by atoms with E-state index < -0.39 is 7.12 Å². The number of hydrogen-bond acceptors (Lipinski definition) is 4. The summed E-state index contributed by atoms with van der Waals surface area (Å²) >= 11 is 0. The van der Waals surface area contributed by atoms with Gasteiger partial charge in [-0.25, -0.2) is 4.98 Å². The first-order valence-corrected chi connectivity index (χ1v) is 8.75. The zero-order chi connectivity index (χ0) is 18.4. The van der Waals surface area contributed by atoms with Crippen molar-refractivity contribution in [3.63, 3.8) is 0 Å². The van der Waals surface area contributed by atoms with Gasteiger partial charge >= 0.3 is 7.12 Å². The molecule has 0 atom stereocenters. The largest absolute Gasteiger partial charge is 0.489 e. The standard InChI is InChI=1S/C22H15BN2O2/c26-23(27)19-11-10-18(16-5-1-2-6-17(16)19)20-12-9-15-8-7-14-4-3-13-24-21(14)22(15)25-20/h1-13,26-27H. The van der Waals surface area contributed by atoms with E-state index in [1.807, 2.05) is 48.5 Å². The highest BCUT2D eigenvalue weighted by Gasteiger charge is 2.17. The molecule has 0 aliphatic carbocycles. The molecule has 0 radical (unpaired) electrons. The van der Waals surface area contributed by atoms with Gasteiger partial charge in [0.25, 0.3) is 0 Å². The maximum absolute atomic E-state index is 9.67. The molecule has 128 valence electrons. The Morgan fingerprint density at radius 3 is 2.22 bits per heavy atom. The highest BCUT2D eigenvalue weighted by molar-refractivity contribution is 6.62. The van der Waals surface area contributed by atoms with E-state index in [4.69, 9.17) is 4.98 Å². The van der Waals surface area contributed by atoms with Gasteiger partial charge in [-0.1, -0.05) is 60.7 Å². The first kappa shape index (κ1) is 15.9. The molecule has 0 unspecified atom stereocenters. The van der Waals surface area contributed by atoms with E-state index in [1.54, 1.807) is 12.3 Å². The predicted molar refractivity (Wildman–Crippen MR) is 110 cm³/mol. The van der Waals surface area contributed by atoms with Gasteiger partial charge in [0.15, 0.2) is 0 Å². The average Bonchev–Trinajstić information content (AvgIpc) is 2.72. The fourth-order valence-electron chi connectivity index (χ4n) is 3.64. The van der Waals surface area contributed by atoms with Gasteiger partial charge < -0.3 is 10.0 Å². The minimum Gasteiger partial charge on any atom is -0.423 e. The lowest BCUT2D eigenvalue weighted by molar-refractivity contribution is 0.426. The lowest BCUT2D eigenvalue weighted by Gasteiger charge is -2.11. The van der Waals surface area contributed by atoms with Crippen molar-refractivity contribution in [3.8, 4) is 11.3 Å².